The van der Waals surface area contributed by atoms with Gasteiger partial charge in [-0.3, -0.25) is 4.79 Å². The highest BCUT2D eigenvalue weighted by molar-refractivity contribution is 5.90. The summed E-state index contributed by atoms with van der Waals surface area (Å²) in [6.45, 7) is 0.563. The molecule has 0 unspecified atom stereocenters. The molecule has 1 atom stereocenters. The minimum absolute atomic E-state index is 0.0646. The zero-order valence-electron chi connectivity index (χ0n) is 9.89. The molecule has 2 rings (SSSR count). The van der Waals surface area contributed by atoms with Crippen LogP contribution in [0.2, 0.25) is 0 Å². The van der Waals surface area contributed by atoms with Gasteiger partial charge < -0.3 is 9.47 Å². The van der Waals surface area contributed by atoms with E-state index in [0.29, 0.717) is 13.0 Å². The number of methoxy groups -OCH3 is 1. The predicted octanol–water partition coefficient (Wildman–Crippen LogP) is 2.50. The van der Waals surface area contributed by atoms with Crippen LogP contribution in [0.15, 0.2) is 36.4 Å². The van der Waals surface area contributed by atoms with E-state index in [1.54, 1.807) is 13.2 Å². The van der Waals surface area contributed by atoms with E-state index in [-0.39, 0.29) is 11.9 Å². The summed E-state index contributed by atoms with van der Waals surface area (Å²) in [5, 5.41) is 0. The van der Waals surface area contributed by atoms with E-state index in [0.717, 1.165) is 17.7 Å². The molecule has 1 aliphatic carbocycles. The van der Waals surface area contributed by atoms with Crippen molar-refractivity contribution in [3.05, 3.63) is 42.0 Å². The maximum absolute atomic E-state index is 11.0. The second kappa shape index (κ2) is 5.64. The van der Waals surface area contributed by atoms with Crippen LogP contribution in [0.4, 0.5) is 0 Å². The molecule has 1 aliphatic rings. The molecule has 0 radical (unpaired) electrons. The third-order valence-electron chi connectivity index (χ3n) is 2.80. The molecule has 0 bridgehead atoms. The summed E-state index contributed by atoms with van der Waals surface area (Å²) in [6, 6.07) is 7.80. The Morgan fingerprint density at radius 2 is 2.06 bits per heavy atom. The van der Waals surface area contributed by atoms with Crippen LogP contribution in [0, 0.1) is 0 Å². The monoisotopic (exact) mass is 232 g/mol. The van der Waals surface area contributed by atoms with E-state index in [2.05, 4.69) is 0 Å². The summed E-state index contributed by atoms with van der Waals surface area (Å²) in [5.74, 6) is 1.03. The fourth-order valence-corrected chi connectivity index (χ4v) is 1.74. The number of carbonyl (C=O) groups is 1. The smallest absolute Gasteiger partial charge is 0.155 e. The topological polar surface area (TPSA) is 35.5 Å². The van der Waals surface area contributed by atoms with Crippen LogP contribution in [0.5, 0.6) is 5.75 Å². The predicted molar refractivity (Wildman–Crippen MR) is 65.0 cm³/mol. The molecule has 90 valence electrons. The maximum atomic E-state index is 11.0. The molecule has 0 aliphatic heterocycles. The third kappa shape index (κ3) is 3.43. The molecule has 0 N–H and O–H groups in total. The highest BCUT2D eigenvalue weighted by Gasteiger charge is 2.13. The molecule has 0 saturated carbocycles. The molecule has 0 heterocycles. The average Bonchev–Trinajstić information content (AvgIpc) is 2.39. The van der Waals surface area contributed by atoms with Crippen molar-refractivity contribution in [1.82, 2.24) is 0 Å². The van der Waals surface area contributed by atoms with Crippen molar-refractivity contribution >= 4 is 5.78 Å². The van der Waals surface area contributed by atoms with Crippen molar-refractivity contribution in [2.24, 2.45) is 0 Å². The number of ether oxygens (including phenoxy) is 2. The number of benzene rings is 1. The third-order valence-corrected chi connectivity index (χ3v) is 2.80. The Kier molecular flexibility index (Phi) is 3.94. The van der Waals surface area contributed by atoms with Gasteiger partial charge in [-0.25, -0.2) is 0 Å². The van der Waals surface area contributed by atoms with Gasteiger partial charge in [-0.05, 0) is 30.2 Å². The lowest BCUT2D eigenvalue weighted by Crippen LogP contribution is -2.16. The fourth-order valence-electron chi connectivity index (χ4n) is 1.74. The number of ketones is 1. The zero-order chi connectivity index (χ0) is 12.1. The Bertz CT molecular complexity index is 406. The summed E-state index contributed by atoms with van der Waals surface area (Å²) < 4.78 is 10.8. The number of rotatable bonds is 4. The molecule has 0 spiro atoms. The molecule has 0 aromatic heterocycles. The Labute approximate surface area is 101 Å². The van der Waals surface area contributed by atoms with Gasteiger partial charge in [0.1, 0.15) is 5.75 Å². The van der Waals surface area contributed by atoms with Gasteiger partial charge in [0.05, 0.1) is 19.8 Å². The minimum atomic E-state index is 0.0646. The number of hydrogen-bond donors (Lipinski definition) is 0. The van der Waals surface area contributed by atoms with Gasteiger partial charge in [0.25, 0.3) is 0 Å². The Hall–Kier alpha value is -1.61. The molecular formula is C14H16O3. The lowest BCUT2D eigenvalue weighted by Gasteiger charge is -2.16. The molecule has 1 aromatic rings. The molecule has 3 heteroatoms. The van der Waals surface area contributed by atoms with Gasteiger partial charge in [0.2, 0.25) is 0 Å². The second-order valence-corrected chi connectivity index (χ2v) is 4.06. The van der Waals surface area contributed by atoms with Gasteiger partial charge >= 0.3 is 0 Å². The van der Waals surface area contributed by atoms with Gasteiger partial charge in [0, 0.05) is 6.42 Å². The van der Waals surface area contributed by atoms with E-state index in [1.165, 1.54) is 0 Å². The lowest BCUT2D eigenvalue weighted by molar-refractivity contribution is -0.115. The van der Waals surface area contributed by atoms with Crippen LogP contribution >= 0.6 is 0 Å². The van der Waals surface area contributed by atoms with E-state index < -0.39 is 0 Å². The first-order valence-electron chi connectivity index (χ1n) is 5.73. The summed E-state index contributed by atoms with van der Waals surface area (Å²) in [4.78, 5) is 11.0. The first-order chi connectivity index (χ1) is 8.28. The number of allylic oxidation sites excluding steroid dienone is 1. The maximum Gasteiger partial charge on any atom is 0.155 e. The standard InChI is InChI=1S/C14H16O3/c1-16-13-6-2-11(3-7-13)10-17-14-8-4-12(15)5-9-14/h2-4,6-8,14H,5,9-10H2,1H3/t14-/m0/s1. The van der Waals surface area contributed by atoms with E-state index in [1.807, 2.05) is 30.3 Å². The van der Waals surface area contributed by atoms with Crippen LogP contribution < -0.4 is 4.74 Å². The van der Waals surface area contributed by atoms with Crippen molar-refractivity contribution in [3.63, 3.8) is 0 Å². The Morgan fingerprint density at radius 3 is 2.65 bits per heavy atom. The zero-order valence-corrected chi connectivity index (χ0v) is 9.89. The van der Waals surface area contributed by atoms with Crippen molar-refractivity contribution in [1.29, 1.82) is 0 Å². The largest absolute Gasteiger partial charge is 0.497 e. The highest BCUT2D eigenvalue weighted by atomic mass is 16.5. The summed E-state index contributed by atoms with van der Waals surface area (Å²) in [5.41, 5.74) is 1.11. The van der Waals surface area contributed by atoms with Gasteiger partial charge in [0.15, 0.2) is 5.78 Å². The molecular weight excluding hydrogens is 216 g/mol. The van der Waals surface area contributed by atoms with Gasteiger partial charge in [-0.15, -0.1) is 0 Å². The SMILES string of the molecule is COc1ccc(CO[C@H]2C=CC(=O)CC2)cc1. The molecule has 0 fully saturated rings. The van der Waals surface area contributed by atoms with Crippen molar-refractivity contribution in [2.45, 2.75) is 25.6 Å². The van der Waals surface area contributed by atoms with Crippen LogP contribution in [0.1, 0.15) is 18.4 Å². The molecule has 1 aromatic carbocycles. The van der Waals surface area contributed by atoms with Crippen LogP contribution in [0.25, 0.3) is 0 Å². The van der Waals surface area contributed by atoms with E-state index in [4.69, 9.17) is 9.47 Å². The number of carbonyl (C=O) groups excluding carboxylic acids is 1. The van der Waals surface area contributed by atoms with Crippen LogP contribution in [-0.2, 0) is 16.1 Å². The normalized spacial score (nSPS) is 19.4. The van der Waals surface area contributed by atoms with Crippen molar-refractivity contribution < 1.29 is 14.3 Å². The molecule has 0 saturated heterocycles. The van der Waals surface area contributed by atoms with Gasteiger partial charge in [-0.1, -0.05) is 18.2 Å². The second-order valence-electron chi connectivity index (χ2n) is 4.06. The summed E-state index contributed by atoms with van der Waals surface area (Å²) in [7, 11) is 1.65. The van der Waals surface area contributed by atoms with Crippen molar-refractivity contribution in [3.8, 4) is 5.75 Å². The molecule has 0 amide bonds. The first-order valence-corrected chi connectivity index (χ1v) is 5.73. The minimum Gasteiger partial charge on any atom is -0.497 e. The van der Waals surface area contributed by atoms with Crippen LogP contribution in [-0.4, -0.2) is 19.0 Å². The van der Waals surface area contributed by atoms with Crippen LogP contribution in [0.3, 0.4) is 0 Å². The Balaban J connectivity index is 1.85. The van der Waals surface area contributed by atoms with Gasteiger partial charge in [-0.2, -0.15) is 0 Å². The molecule has 17 heavy (non-hydrogen) atoms. The van der Waals surface area contributed by atoms with E-state index in [9.17, 15) is 4.79 Å². The highest BCUT2D eigenvalue weighted by Crippen LogP contribution is 2.16. The quantitative estimate of drug-likeness (QED) is 0.800. The summed E-state index contributed by atoms with van der Waals surface area (Å²) >= 11 is 0. The van der Waals surface area contributed by atoms with E-state index >= 15 is 0 Å². The Morgan fingerprint density at radius 1 is 1.29 bits per heavy atom. The molecule has 3 nitrogen and oxygen atoms in total. The van der Waals surface area contributed by atoms with Crippen molar-refractivity contribution in [2.75, 3.05) is 7.11 Å². The number of hydrogen-bond acceptors (Lipinski definition) is 3. The average molecular weight is 232 g/mol. The summed E-state index contributed by atoms with van der Waals surface area (Å²) in [6.07, 6.45) is 4.89. The fraction of sp³-hybridized carbons (Fsp3) is 0.357. The first kappa shape index (κ1) is 11.9. The lowest BCUT2D eigenvalue weighted by atomic mass is 10.0.